The molecule has 0 saturated heterocycles. The van der Waals surface area contributed by atoms with Gasteiger partial charge >= 0.3 is 5.97 Å². The molecule has 0 saturated carbocycles. The van der Waals surface area contributed by atoms with E-state index >= 15 is 0 Å². The molecule has 0 amide bonds. The van der Waals surface area contributed by atoms with Gasteiger partial charge in [0.25, 0.3) is 0 Å². The molecule has 116 valence electrons. The van der Waals surface area contributed by atoms with Gasteiger partial charge in [0.2, 0.25) is 0 Å². The Bertz CT molecular complexity index is 861. The zero-order chi connectivity index (χ0) is 16.4. The van der Waals surface area contributed by atoms with Crippen LogP contribution in [0.2, 0.25) is 0 Å². The van der Waals surface area contributed by atoms with Crippen LogP contribution in [0.3, 0.4) is 0 Å². The molecular formula is C16H10FNO5. The number of phenols is 2. The van der Waals surface area contributed by atoms with Crippen molar-refractivity contribution in [3.05, 3.63) is 60.0 Å². The van der Waals surface area contributed by atoms with Gasteiger partial charge in [0.1, 0.15) is 11.6 Å². The fourth-order valence-electron chi connectivity index (χ4n) is 1.95. The lowest BCUT2D eigenvalue weighted by Gasteiger charge is -2.09. The number of phenolic OH excluding ortho intramolecular Hbond substituents is 2. The number of esters is 1. The number of aromatic hydroxyl groups is 2. The van der Waals surface area contributed by atoms with E-state index in [1.807, 2.05) is 0 Å². The molecular weight excluding hydrogens is 305 g/mol. The predicted octanol–water partition coefficient (Wildman–Crippen LogP) is 3.11. The number of hydrogen-bond acceptors (Lipinski definition) is 6. The van der Waals surface area contributed by atoms with Crippen LogP contribution in [0.1, 0.15) is 10.4 Å². The van der Waals surface area contributed by atoms with E-state index in [4.69, 9.17) is 9.26 Å². The van der Waals surface area contributed by atoms with E-state index < -0.39 is 17.5 Å². The summed E-state index contributed by atoms with van der Waals surface area (Å²) < 4.78 is 23.6. The monoisotopic (exact) mass is 315 g/mol. The van der Waals surface area contributed by atoms with Crippen LogP contribution >= 0.6 is 0 Å². The van der Waals surface area contributed by atoms with Crippen molar-refractivity contribution in [1.29, 1.82) is 0 Å². The Kier molecular flexibility index (Phi) is 3.68. The van der Waals surface area contributed by atoms with Crippen LogP contribution in [-0.4, -0.2) is 21.3 Å². The summed E-state index contributed by atoms with van der Waals surface area (Å²) in [5.41, 5.74) is 0.341. The first kappa shape index (κ1) is 14.6. The zero-order valence-corrected chi connectivity index (χ0v) is 11.6. The third kappa shape index (κ3) is 2.98. The summed E-state index contributed by atoms with van der Waals surface area (Å²) in [5.74, 6) is -2.00. The predicted molar refractivity (Wildman–Crippen MR) is 76.6 cm³/mol. The Hall–Kier alpha value is -3.35. The highest BCUT2D eigenvalue weighted by Crippen LogP contribution is 2.32. The van der Waals surface area contributed by atoms with Crippen LogP contribution in [0.5, 0.6) is 17.2 Å². The summed E-state index contributed by atoms with van der Waals surface area (Å²) in [6.07, 6.45) is 1.41. The van der Waals surface area contributed by atoms with Crippen LogP contribution in [0, 0.1) is 5.82 Å². The minimum atomic E-state index is -0.827. The maximum Gasteiger partial charge on any atom is 0.343 e. The second kappa shape index (κ2) is 5.80. The maximum atomic E-state index is 13.4. The highest BCUT2D eigenvalue weighted by atomic mass is 19.1. The van der Waals surface area contributed by atoms with E-state index in [-0.39, 0.29) is 17.1 Å². The number of halogens is 1. The molecule has 1 aromatic heterocycles. The first-order valence-corrected chi connectivity index (χ1v) is 6.49. The standard InChI is InChI=1S/C16H10FNO5/c17-10-2-3-11(14-5-6-18-23-14)15(8-10)22-16(21)9-1-4-12(19)13(20)7-9/h1-8,19-20H. The van der Waals surface area contributed by atoms with E-state index in [1.54, 1.807) is 0 Å². The Labute approximate surface area is 129 Å². The first-order valence-electron chi connectivity index (χ1n) is 6.49. The molecule has 6 nitrogen and oxygen atoms in total. The van der Waals surface area contributed by atoms with Crippen molar-refractivity contribution in [2.75, 3.05) is 0 Å². The fraction of sp³-hybridized carbons (Fsp3) is 0. The van der Waals surface area contributed by atoms with Gasteiger partial charge in [-0.05, 0) is 30.3 Å². The normalized spacial score (nSPS) is 10.5. The van der Waals surface area contributed by atoms with Gasteiger partial charge in [0.05, 0.1) is 17.3 Å². The molecule has 2 N–H and O–H groups in total. The SMILES string of the molecule is O=C(Oc1cc(F)ccc1-c1ccno1)c1ccc(O)c(O)c1. The number of ether oxygens (including phenoxy) is 1. The topological polar surface area (TPSA) is 92.8 Å². The molecule has 3 aromatic rings. The van der Waals surface area contributed by atoms with E-state index in [0.29, 0.717) is 11.3 Å². The zero-order valence-electron chi connectivity index (χ0n) is 11.6. The maximum absolute atomic E-state index is 13.4. The van der Waals surface area contributed by atoms with Gasteiger partial charge in [-0.3, -0.25) is 0 Å². The van der Waals surface area contributed by atoms with Crippen molar-refractivity contribution in [1.82, 2.24) is 5.16 Å². The van der Waals surface area contributed by atoms with Gasteiger partial charge in [-0.25, -0.2) is 9.18 Å². The molecule has 0 unspecified atom stereocenters. The molecule has 0 fully saturated rings. The number of aromatic nitrogens is 1. The highest BCUT2D eigenvalue weighted by molar-refractivity contribution is 5.92. The second-order valence-corrected chi connectivity index (χ2v) is 4.61. The molecule has 7 heteroatoms. The molecule has 2 aromatic carbocycles. The summed E-state index contributed by atoms with van der Waals surface area (Å²) in [7, 11) is 0. The second-order valence-electron chi connectivity index (χ2n) is 4.61. The molecule has 23 heavy (non-hydrogen) atoms. The van der Waals surface area contributed by atoms with Crippen LogP contribution in [0.15, 0.2) is 53.2 Å². The lowest BCUT2D eigenvalue weighted by Crippen LogP contribution is -2.09. The fourth-order valence-corrected chi connectivity index (χ4v) is 1.95. The number of carbonyl (C=O) groups is 1. The summed E-state index contributed by atoms with van der Waals surface area (Å²) in [4.78, 5) is 12.1. The minimum Gasteiger partial charge on any atom is -0.504 e. The van der Waals surface area contributed by atoms with Crippen molar-refractivity contribution in [3.63, 3.8) is 0 Å². The van der Waals surface area contributed by atoms with Gasteiger partial charge in [-0.15, -0.1) is 0 Å². The van der Waals surface area contributed by atoms with Gasteiger partial charge in [0.15, 0.2) is 17.3 Å². The molecule has 3 rings (SSSR count). The molecule has 0 atom stereocenters. The lowest BCUT2D eigenvalue weighted by atomic mass is 10.1. The molecule has 0 aliphatic rings. The number of hydrogen-bond donors (Lipinski definition) is 2. The van der Waals surface area contributed by atoms with Crippen LogP contribution < -0.4 is 4.74 Å². The smallest absolute Gasteiger partial charge is 0.343 e. The number of benzene rings is 2. The van der Waals surface area contributed by atoms with Gasteiger partial charge in [-0.1, -0.05) is 5.16 Å². The van der Waals surface area contributed by atoms with Gasteiger partial charge in [-0.2, -0.15) is 0 Å². The van der Waals surface area contributed by atoms with Crippen molar-refractivity contribution in [2.24, 2.45) is 0 Å². The Morgan fingerprint density at radius 1 is 1.09 bits per heavy atom. The Morgan fingerprint density at radius 2 is 1.91 bits per heavy atom. The first-order chi connectivity index (χ1) is 11.0. The molecule has 0 radical (unpaired) electrons. The van der Waals surface area contributed by atoms with Crippen molar-refractivity contribution < 1.29 is 28.7 Å². The van der Waals surface area contributed by atoms with Crippen LogP contribution in [0.4, 0.5) is 4.39 Å². The summed E-state index contributed by atoms with van der Waals surface area (Å²) in [5, 5.41) is 22.2. The van der Waals surface area contributed by atoms with E-state index in [2.05, 4.69) is 5.16 Å². The largest absolute Gasteiger partial charge is 0.504 e. The van der Waals surface area contributed by atoms with Crippen molar-refractivity contribution in [2.45, 2.75) is 0 Å². The van der Waals surface area contributed by atoms with Gasteiger partial charge < -0.3 is 19.5 Å². The summed E-state index contributed by atoms with van der Waals surface area (Å²) in [6.45, 7) is 0. The molecule has 1 heterocycles. The Morgan fingerprint density at radius 3 is 2.61 bits per heavy atom. The van der Waals surface area contributed by atoms with E-state index in [0.717, 1.165) is 18.2 Å². The van der Waals surface area contributed by atoms with Gasteiger partial charge in [0, 0.05) is 12.1 Å². The summed E-state index contributed by atoms with van der Waals surface area (Å²) in [6, 6.07) is 8.63. The third-order valence-electron chi connectivity index (χ3n) is 3.06. The highest BCUT2D eigenvalue weighted by Gasteiger charge is 2.17. The summed E-state index contributed by atoms with van der Waals surface area (Å²) >= 11 is 0. The molecule has 0 aliphatic heterocycles. The van der Waals surface area contributed by atoms with Crippen molar-refractivity contribution in [3.8, 4) is 28.6 Å². The molecule has 0 bridgehead atoms. The molecule has 0 aliphatic carbocycles. The van der Waals surface area contributed by atoms with E-state index in [9.17, 15) is 19.4 Å². The quantitative estimate of drug-likeness (QED) is 0.438. The third-order valence-corrected chi connectivity index (χ3v) is 3.06. The van der Waals surface area contributed by atoms with Crippen LogP contribution in [0.25, 0.3) is 11.3 Å². The number of carbonyl (C=O) groups excluding carboxylic acids is 1. The van der Waals surface area contributed by atoms with Crippen molar-refractivity contribution >= 4 is 5.97 Å². The van der Waals surface area contributed by atoms with Crippen LogP contribution in [-0.2, 0) is 0 Å². The minimum absolute atomic E-state index is 0.00641. The number of nitrogens with zero attached hydrogens (tertiary/aromatic N) is 1. The number of rotatable bonds is 3. The average molecular weight is 315 g/mol. The molecule has 0 spiro atoms. The lowest BCUT2D eigenvalue weighted by molar-refractivity contribution is 0.0734. The average Bonchev–Trinajstić information content (AvgIpc) is 3.04. The van der Waals surface area contributed by atoms with E-state index in [1.165, 1.54) is 30.5 Å². The Balaban J connectivity index is 1.94.